The minimum Gasteiger partial charge on any atom is -0.294 e. The summed E-state index contributed by atoms with van der Waals surface area (Å²) in [6.45, 7) is 0. The van der Waals surface area contributed by atoms with Gasteiger partial charge in [-0.3, -0.25) is 4.55 Å². The maximum Gasteiger partial charge on any atom is 0.231 e. The molecule has 0 aromatic heterocycles. The highest BCUT2D eigenvalue weighted by atomic mass is 79.9. The molecule has 0 saturated carbocycles. The molecule has 14 heavy (non-hydrogen) atoms. The van der Waals surface area contributed by atoms with Gasteiger partial charge in [0.25, 0.3) is 0 Å². The molecular formula is C9H10BrNO2S. The summed E-state index contributed by atoms with van der Waals surface area (Å²) in [6, 6.07) is 6.21. The van der Waals surface area contributed by atoms with Crippen molar-refractivity contribution in [1.82, 2.24) is 4.72 Å². The number of nitrogens with one attached hydrogen (secondary N) is 1. The Bertz CT molecular complexity index is 383. The second kappa shape index (κ2) is 4.10. The molecule has 5 heteroatoms. The number of hydrogen-bond donors (Lipinski definition) is 2. The molecular weight excluding hydrogens is 266 g/mol. The van der Waals surface area contributed by atoms with Crippen LogP contribution in [0.2, 0.25) is 0 Å². The van der Waals surface area contributed by atoms with Crippen molar-refractivity contribution in [3.63, 3.8) is 0 Å². The van der Waals surface area contributed by atoms with Gasteiger partial charge >= 0.3 is 0 Å². The Kier molecular flexibility index (Phi) is 3.02. The molecule has 76 valence electrons. The molecule has 0 bridgehead atoms. The van der Waals surface area contributed by atoms with Crippen LogP contribution in [0.25, 0.3) is 0 Å². The van der Waals surface area contributed by atoms with Gasteiger partial charge in [0.1, 0.15) is 0 Å². The smallest absolute Gasteiger partial charge is 0.231 e. The predicted octanol–water partition coefficient (Wildman–Crippen LogP) is 1.64. The van der Waals surface area contributed by atoms with Gasteiger partial charge in [-0.05, 0) is 36.1 Å². The van der Waals surface area contributed by atoms with Crippen molar-refractivity contribution >= 4 is 27.2 Å². The SMILES string of the molecule is O=S(O)NC1Cc2ccc(Br)cc2C1. The third kappa shape index (κ3) is 2.23. The molecule has 0 amide bonds. The zero-order valence-electron chi connectivity index (χ0n) is 7.37. The van der Waals surface area contributed by atoms with Crippen LogP contribution in [0, 0.1) is 0 Å². The van der Waals surface area contributed by atoms with E-state index in [1.54, 1.807) is 0 Å². The molecule has 0 aliphatic heterocycles. The first-order valence-corrected chi connectivity index (χ1v) is 6.19. The van der Waals surface area contributed by atoms with E-state index >= 15 is 0 Å². The molecule has 1 aliphatic carbocycles. The first-order chi connectivity index (χ1) is 6.65. The average Bonchev–Trinajstić information content (AvgIpc) is 2.44. The second-order valence-corrected chi connectivity index (χ2v) is 5.03. The largest absolute Gasteiger partial charge is 0.294 e. The fourth-order valence-electron chi connectivity index (χ4n) is 1.81. The van der Waals surface area contributed by atoms with Crippen molar-refractivity contribution in [2.45, 2.75) is 18.9 Å². The van der Waals surface area contributed by atoms with Gasteiger partial charge in [-0.25, -0.2) is 8.93 Å². The summed E-state index contributed by atoms with van der Waals surface area (Å²) >= 11 is 1.50. The Morgan fingerprint density at radius 2 is 2.14 bits per heavy atom. The van der Waals surface area contributed by atoms with E-state index in [9.17, 15) is 4.21 Å². The van der Waals surface area contributed by atoms with Crippen molar-refractivity contribution in [3.8, 4) is 0 Å². The average molecular weight is 276 g/mol. The van der Waals surface area contributed by atoms with E-state index in [2.05, 4.69) is 32.8 Å². The minimum atomic E-state index is -1.91. The summed E-state index contributed by atoms with van der Waals surface area (Å²) in [5, 5.41) is 0. The highest BCUT2D eigenvalue weighted by Crippen LogP contribution is 2.25. The number of rotatable bonds is 2. The quantitative estimate of drug-likeness (QED) is 0.807. The number of halogens is 1. The van der Waals surface area contributed by atoms with Crippen molar-refractivity contribution < 1.29 is 8.76 Å². The molecule has 2 atom stereocenters. The third-order valence-electron chi connectivity index (χ3n) is 2.37. The maximum atomic E-state index is 10.6. The van der Waals surface area contributed by atoms with Gasteiger partial charge in [0.05, 0.1) is 0 Å². The van der Waals surface area contributed by atoms with Crippen molar-refractivity contribution in [2.75, 3.05) is 0 Å². The second-order valence-electron chi connectivity index (χ2n) is 3.39. The third-order valence-corrected chi connectivity index (χ3v) is 3.40. The maximum absolute atomic E-state index is 10.6. The van der Waals surface area contributed by atoms with Gasteiger partial charge in [0.15, 0.2) is 0 Å². The molecule has 3 nitrogen and oxygen atoms in total. The van der Waals surface area contributed by atoms with Gasteiger partial charge in [0.2, 0.25) is 11.3 Å². The highest BCUT2D eigenvalue weighted by molar-refractivity contribution is 9.10. The van der Waals surface area contributed by atoms with Gasteiger partial charge < -0.3 is 0 Å². The molecule has 1 aromatic carbocycles. The van der Waals surface area contributed by atoms with Gasteiger partial charge in [0, 0.05) is 10.5 Å². The standard InChI is InChI=1S/C9H10BrNO2S/c10-8-2-1-6-4-9(11-14(12)13)5-7(6)3-8/h1-3,9,11H,4-5H2,(H,12,13). The zero-order chi connectivity index (χ0) is 10.1. The normalized spacial score (nSPS) is 22.0. The summed E-state index contributed by atoms with van der Waals surface area (Å²) < 4.78 is 22.9. The molecule has 1 aromatic rings. The molecule has 0 fully saturated rings. The van der Waals surface area contributed by atoms with Gasteiger partial charge in [-0.2, -0.15) is 0 Å². The number of hydrogen-bond acceptors (Lipinski definition) is 1. The van der Waals surface area contributed by atoms with Gasteiger partial charge in [-0.1, -0.05) is 22.0 Å². The van der Waals surface area contributed by atoms with Crippen molar-refractivity contribution in [1.29, 1.82) is 0 Å². The van der Waals surface area contributed by atoms with Crippen LogP contribution in [0.1, 0.15) is 11.1 Å². The molecule has 0 saturated heterocycles. The summed E-state index contributed by atoms with van der Waals surface area (Å²) in [5.41, 5.74) is 2.51. The Morgan fingerprint density at radius 3 is 2.86 bits per heavy atom. The van der Waals surface area contributed by atoms with E-state index in [0.29, 0.717) is 0 Å². The summed E-state index contributed by atoms with van der Waals surface area (Å²) in [4.78, 5) is 0. The number of benzene rings is 1. The van der Waals surface area contributed by atoms with E-state index in [4.69, 9.17) is 4.55 Å². The highest BCUT2D eigenvalue weighted by Gasteiger charge is 2.22. The topological polar surface area (TPSA) is 49.3 Å². The van der Waals surface area contributed by atoms with Crippen LogP contribution in [0.15, 0.2) is 22.7 Å². The van der Waals surface area contributed by atoms with E-state index in [1.807, 2.05) is 6.07 Å². The molecule has 1 aliphatic rings. The molecule has 2 unspecified atom stereocenters. The van der Waals surface area contributed by atoms with Crippen LogP contribution in [-0.4, -0.2) is 14.8 Å². The molecule has 2 rings (SSSR count). The first-order valence-electron chi connectivity index (χ1n) is 4.29. The molecule has 0 radical (unpaired) electrons. The van der Waals surface area contributed by atoms with Crippen LogP contribution < -0.4 is 4.72 Å². The first kappa shape index (κ1) is 10.3. The van der Waals surface area contributed by atoms with E-state index < -0.39 is 11.3 Å². The van der Waals surface area contributed by atoms with Crippen LogP contribution in [-0.2, 0) is 24.1 Å². The summed E-state index contributed by atoms with van der Waals surface area (Å²) in [6.07, 6.45) is 1.65. The summed E-state index contributed by atoms with van der Waals surface area (Å²) in [7, 11) is 0. The lowest BCUT2D eigenvalue weighted by molar-refractivity contribution is 0.527. The van der Waals surface area contributed by atoms with Crippen molar-refractivity contribution in [3.05, 3.63) is 33.8 Å². The van der Waals surface area contributed by atoms with Gasteiger partial charge in [-0.15, -0.1) is 0 Å². The fourth-order valence-corrected chi connectivity index (χ4v) is 2.67. The van der Waals surface area contributed by atoms with E-state index in [1.165, 1.54) is 11.1 Å². The summed E-state index contributed by atoms with van der Waals surface area (Å²) in [5.74, 6) is 0. The zero-order valence-corrected chi connectivity index (χ0v) is 9.77. The lowest BCUT2D eigenvalue weighted by atomic mass is 10.1. The fraction of sp³-hybridized carbons (Fsp3) is 0.333. The predicted molar refractivity (Wildman–Crippen MR) is 59.2 cm³/mol. The lowest BCUT2D eigenvalue weighted by Gasteiger charge is -2.06. The van der Waals surface area contributed by atoms with Crippen molar-refractivity contribution in [2.24, 2.45) is 0 Å². The van der Waals surface area contributed by atoms with Crippen LogP contribution in [0.5, 0.6) is 0 Å². The number of fused-ring (bicyclic) bond motifs is 1. The Morgan fingerprint density at radius 1 is 1.43 bits per heavy atom. The molecule has 0 spiro atoms. The van der Waals surface area contributed by atoms with Crippen LogP contribution >= 0.6 is 15.9 Å². The Labute approximate surface area is 93.5 Å². The minimum absolute atomic E-state index is 0.0881. The monoisotopic (exact) mass is 275 g/mol. The van der Waals surface area contributed by atoms with Crippen LogP contribution in [0.4, 0.5) is 0 Å². The Hall–Kier alpha value is -0.230. The molecule has 2 N–H and O–H groups in total. The van der Waals surface area contributed by atoms with E-state index in [-0.39, 0.29) is 6.04 Å². The van der Waals surface area contributed by atoms with E-state index in [0.717, 1.165) is 17.3 Å². The van der Waals surface area contributed by atoms with Crippen LogP contribution in [0.3, 0.4) is 0 Å². The lowest BCUT2D eigenvalue weighted by Crippen LogP contribution is -2.30. The Balaban J connectivity index is 2.14. The molecule has 0 heterocycles.